The quantitative estimate of drug-likeness (QED) is 0.814. The molecule has 1 aromatic rings. The molecule has 0 aliphatic carbocycles. The lowest BCUT2D eigenvalue weighted by atomic mass is 9.96. The van der Waals surface area contributed by atoms with Crippen LogP contribution in [0.25, 0.3) is 0 Å². The second-order valence-electron chi connectivity index (χ2n) is 5.17. The van der Waals surface area contributed by atoms with Gasteiger partial charge in [0.2, 0.25) is 5.91 Å². The highest BCUT2D eigenvalue weighted by Gasteiger charge is 2.20. The Kier molecular flexibility index (Phi) is 6.82. The maximum absolute atomic E-state index is 11.8. The van der Waals surface area contributed by atoms with Gasteiger partial charge >= 0.3 is 0 Å². The van der Waals surface area contributed by atoms with Crippen LogP contribution in [-0.4, -0.2) is 26.6 Å². The van der Waals surface area contributed by atoms with Gasteiger partial charge in [0, 0.05) is 10.6 Å². The summed E-state index contributed by atoms with van der Waals surface area (Å²) in [4.78, 5) is 11.8. The molecule has 1 amide bonds. The molecule has 1 aromatic carbocycles. The van der Waals surface area contributed by atoms with Crippen molar-refractivity contribution < 1.29 is 9.53 Å². The molecule has 1 rings (SSSR count). The Morgan fingerprint density at radius 3 is 2.65 bits per heavy atom. The molecule has 0 aliphatic rings. The van der Waals surface area contributed by atoms with Crippen molar-refractivity contribution >= 4 is 17.5 Å². The van der Waals surface area contributed by atoms with Gasteiger partial charge in [-0.05, 0) is 37.6 Å². The second kappa shape index (κ2) is 8.12. The molecule has 1 unspecified atom stereocenters. The molecule has 5 heteroatoms. The minimum atomic E-state index is -0.107. The van der Waals surface area contributed by atoms with E-state index in [1.54, 1.807) is 20.2 Å². The highest BCUT2D eigenvalue weighted by Crippen LogP contribution is 2.31. The van der Waals surface area contributed by atoms with Gasteiger partial charge in [-0.2, -0.15) is 0 Å². The predicted molar refractivity (Wildman–Crippen MR) is 82.3 cm³/mol. The maximum atomic E-state index is 11.8. The van der Waals surface area contributed by atoms with E-state index in [0.29, 0.717) is 10.9 Å². The van der Waals surface area contributed by atoms with Crippen LogP contribution >= 0.6 is 11.6 Å². The van der Waals surface area contributed by atoms with Crippen LogP contribution in [0.4, 0.5) is 0 Å². The molecule has 0 saturated heterocycles. The third kappa shape index (κ3) is 5.02. The van der Waals surface area contributed by atoms with Crippen molar-refractivity contribution in [1.82, 2.24) is 10.6 Å². The van der Waals surface area contributed by atoms with E-state index >= 15 is 0 Å². The number of nitrogens with one attached hydrogen (secondary N) is 2. The monoisotopic (exact) mass is 298 g/mol. The van der Waals surface area contributed by atoms with E-state index in [-0.39, 0.29) is 18.5 Å². The Morgan fingerprint density at radius 1 is 1.40 bits per heavy atom. The number of likely N-dealkylation sites (N-methyl/N-ethyl adjacent to an activating group) is 1. The third-order valence-corrected chi connectivity index (χ3v) is 3.18. The van der Waals surface area contributed by atoms with Gasteiger partial charge in [-0.15, -0.1) is 0 Å². The van der Waals surface area contributed by atoms with E-state index < -0.39 is 0 Å². The first-order valence-electron chi connectivity index (χ1n) is 6.75. The number of methoxy groups -OCH3 is 1. The van der Waals surface area contributed by atoms with Gasteiger partial charge in [0.25, 0.3) is 0 Å². The molecule has 20 heavy (non-hydrogen) atoms. The average Bonchev–Trinajstić information content (AvgIpc) is 2.37. The molecule has 0 spiro atoms. The summed E-state index contributed by atoms with van der Waals surface area (Å²) in [5.74, 6) is 1.14. The lowest BCUT2D eigenvalue weighted by Gasteiger charge is -2.23. The standard InChI is InChI=1S/C15H23ClN2O2/c1-10(2)7-13(18-15(19)9-17-3)12-8-11(16)5-6-14(12)20-4/h5-6,8,10,13,17H,7,9H2,1-4H3,(H,18,19). The Labute approximate surface area is 125 Å². The van der Waals surface area contributed by atoms with Gasteiger partial charge in [0.15, 0.2) is 0 Å². The molecule has 0 fully saturated rings. The fraction of sp³-hybridized carbons (Fsp3) is 0.533. The number of rotatable bonds is 7. The van der Waals surface area contributed by atoms with Gasteiger partial charge in [-0.3, -0.25) is 4.79 Å². The average molecular weight is 299 g/mol. The SMILES string of the molecule is CNCC(=O)NC(CC(C)C)c1cc(Cl)ccc1OC. The van der Waals surface area contributed by atoms with Crippen LogP contribution in [0.2, 0.25) is 5.02 Å². The van der Waals surface area contributed by atoms with E-state index in [2.05, 4.69) is 24.5 Å². The first kappa shape index (κ1) is 16.8. The maximum Gasteiger partial charge on any atom is 0.234 e. The van der Waals surface area contributed by atoms with E-state index in [0.717, 1.165) is 17.7 Å². The number of hydrogen-bond donors (Lipinski definition) is 2. The number of carbonyl (C=O) groups excluding carboxylic acids is 1. The summed E-state index contributed by atoms with van der Waals surface area (Å²) in [6.45, 7) is 4.53. The summed E-state index contributed by atoms with van der Waals surface area (Å²) in [7, 11) is 3.37. The first-order chi connectivity index (χ1) is 9.47. The summed E-state index contributed by atoms with van der Waals surface area (Å²) in [6, 6.07) is 5.36. The summed E-state index contributed by atoms with van der Waals surface area (Å²) in [6.07, 6.45) is 0.826. The van der Waals surface area contributed by atoms with E-state index in [9.17, 15) is 4.79 Å². The van der Waals surface area contributed by atoms with Crippen molar-refractivity contribution in [2.24, 2.45) is 5.92 Å². The zero-order chi connectivity index (χ0) is 15.1. The Balaban J connectivity index is 3.03. The van der Waals surface area contributed by atoms with Crippen LogP contribution in [0.5, 0.6) is 5.75 Å². The van der Waals surface area contributed by atoms with Crippen molar-refractivity contribution in [2.45, 2.75) is 26.3 Å². The van der Waals surface area contributed by atoms with E-state index in [4.69, 9.17) is 16.3 Å². The van der Waals surface area contributed by atoms with Gasteiger partial charge in [0.05, 0.1) is 19.7 Å². The molecule has 0 aliphatic heterocycles. The number of ether oxygens (including phenoxy) is 1. The predicted octanol–water partition coefficient (Wildman–Crippen LogP) is 2.77. The molecule has 0 radical (unpaired) electrons. The molecule has 0 saturated carbocycles. The van der Waals surface area contributed by atoms with Gasteiger partial charge in [-0.25, -0.2) is 0 Å². The zero-order valence-electron chi connectivity index (χ0n) is 12.5. The minimum Gasteiger partial charge on any atom is -0.496 e. The first-order valence-corrected chi connectivity index (χ1v) is 7.13. The molecule has 4 nitrogen and oxygen atoms in total. The van der Waals surface area contributed by atoms with Crippen LogP contribution in [0.15, 0.2) is 18.2 Å². The fourth-order valence-corrected chi connectivity index (χ4v) is 2.30. The van der Waals surface area contributed by atoms with Crippen molar-refractivity contribution in [3.8, 4) is 5.75 Å². The van der Waals surface area contributed by atoms with Crippen LogP contribution in [0, 0.1) is 5.92 Å². The molecule has 2 N–H and O–H groups in total. The normalized spacial score (nSPS) is 12.3. The third-order valence-electron chi connectivity index (χ3n) is 2.95. The lowest BCUT2D eigenvalue weighted by Crippen LogP contribution is -2.35. The van der Waals surface area contributed by atoms with Gasteiger partial charge in [-0.1, -0.05) is 25.4 Å². The topological polar surface area (TPSA) is 50.4 Å². The number of halogens is 1. The summed E-state index contributed by atoms with van der Waals surface area (Å²) < 4.78 is 5.38. The van der Waals surface area contributed by atoms with Crippen LogP contribution in [-0.2, 0) is 4.79 Å². The summed E-state index contributed by atoms with van der Waals surface area (Å²) in [5.41, 5.74) is 0.915. The second-order valence-corrected chi connectivity index (χ2v) is 5.60. The number of hydrogen-bond acceptors (Lipinski definition) is 3. The van der Waals surface area contributed by atoms with E-state index in [1.165, 1.54) is 0 Å². The number of benzene rings is 1. The van der Waals surface area contributed by atoms with Gasteiger partial charge in [0.1, 0.15) is 5.75 Å². The molecular weight excluding hydrogens is 276 g/mol. The largest absolute Gasteiger partial charge is 0.496 e. The highest BCUT2D eigenvalue weighted by atomic mass is 35.5. The Bertz CT molecular complexity index is 449. The number of amides is 1. The smallest absolute Gasteiger partial charge is 0.234 e. The van der Waals surface area contributed by atoms with Crippen LogP contribution < -0.4 is 15.4 Å². The van der Waals surface area contributed by atoms with Crippen molar-refractivity contribution in [2.75, 3.05) is 20.7 Å². The minimum absolute atomic E-state index is 0.0415. The van der Waals surface area contributed by atoms with Gasteiger partial charge < -0.3 is 15.4 Å². The fourth-order valence-electron chi connectivity index (χ4n) is 2.12. The van der Waals surface area contributed by atoms with E-state index in [1.807, 2.05) is 12.1 Å². The van der Waals surface area contributed by atoms with Crippen LogP contribution in [0.3, 0.4) is 0 Å². The molecule has 0 bridgehead atoms. The lowest BCUT2D eigenvalue weighted by molar-refractivity contribution is -0.121. The summed E-state index contributed by atoms with van der Waals surface area (Å²) >= 11 is 6.07. The van der Waals surface area contributed by atoms with Crippen molar-refractivity contribution in [3.63, 3.8) is 0 Å². The molecule has 1 atom stereocenters. The van der Waals surface area contributed by atoms with Crippen LogP contribution in [0.1, 0.15) is 31.9 Å². The highest BCUT2D eigenvalue weighted by molar-refractivity contribution is 6.30. The summed E-state index contributed by atoms with van der Waals surface area (Å²) in [5, 5.41) is 6.51. The number of carbonyl (C=O) groups is 1. The molecular formula is C15H23ClN2O2. The molecule has 0 heterocycles. The molecule has 0 aromatic heterocycles. The Morgan fingerprint density at radius 2 is 2.10 bits per heavy atom. The van der Waals surface area contributed by atoms with Crippen molar-refractivity contribution in [1.29, 1.82) is 0 Å². The molecule has 112 valence electrons. The zero-order valence-corrected chi connectivity index (χ0v) is 13.3. The Hall–Kier alpha value is -1.26. The van der Waals surface area contributed by atoms with Crippen molar-refractivity contribution in [3.05, 3.63) is 28.8 Å².